The smallest absolute Gasteiger partial charge is 0.416 e. The number of ether oxygens (including phenoxy) is 6. The standard InChI is InChI=1S/C42H39BrClN5O6.C23H22BrN5O3/c1-41(2)54-35-33(48-16-15-30-37(44)45-24-46-38(30)48)19-42(36(35)55-41)20-34(53-23-42)28-12-11-27-17-31(43)39(47-32(27)18-28)49(21-25-9-13-29(51-3)14-10-25)40(50)52-22-26-7-5-4-6-8-26;24-15-5-12-1-2-13(6-16(12)28-21(15)25)18-8-23(10-32-18)7-17(19(30)20(23)31)29-4-3-14-9-26-11-27-22(14)29/h4-18,24,33-36H,19-23H2,1-3H3;1-6,9,11,17-20,30-31H,7-8,10H2,(H2,25,28)/t33-,34-,35+,36+,42-;17-,18-,19+,20+,23-/m11/s1. The lowest BCUT2D eigenvalue weighted by atomic mass is 9.80. The van der Waals surface area contributed by atoms with E-state index in [4.69, 9.17) is 50.7 Å². The molecular formula is C65H61Br2ClN10O9. The second kappa shape index (κ2) is 22.8. The van der Waals surface area contributed by atoms with E-state index in [1.54, 1.807) is 18.2 Å². The Morgan fingerprint density at radius 1 is 0.736 bits per heavy atom. The molecule has 10 aromatic rings. The Kier molecular flexibility index (Phi) is 15.1. The van der Waals surface area contributed by atoms with Crippen LogP contribution in [0.3, 0.4) is 0 Å². The first-order chi connectivity index (χ1) is 42.0. The molecule has 22 heteroatoms. The molecule has 1 amide bonds. The number of rotatable bonds is 10. The predicted molar refractivity (Wildman–Crippen MR) is 334 cm³/mol. The molecule has 0 bridgehead atoms. The molecule has 15 rings (SSSR count). The van der Waals surface area contributed by atoms with Crippen LogP contribution in [0.25, 0.3) is 43.9 Å². The van der Waals surface area contributed by atoms with Crippen molar-refractivity contribution in [3.8, 4) is 5.75 Å². The average molecular weight is 1320 g/mol. The summed E-state index contributed by atoms with van der Waals surface area (Å²) >= 11 is 13.6. The first kappa shape index (κ1) is 57.6. The number of methoxy groups -OCH3 is 1. The Hall–Kier alpha value is -7.18. The summed E-state index contributed by atoms with van der Waals surface area (Å²) in [4.78, 5) is 42.2. The lowest BCUT2D eigenvalue weighted by Crippen LogP contribution is -2.37. The quantitative estimate of drug-likeness (QED) is 0.108. The van der Waals surface area contributed by atoms with Crippen LogP contribution in [0.1, 0.15) is 86.1 Å². The van der Waals surface area contributed by atoms with Gasteiger partial charge in [0.05, 0.1) is 88.7 Å². The lowest BCUT2D eigenvalue weighted by molar-refractivity contribution is -0.169. The van der Waals surface area contributed by atoms with Crippen LogP contribution < -0.4 is 15.4 Å². The summed E-state index contributed by atoms with van der Waals surface area (Å²) in [5.41, 5.74) is 12.0. The Morgan fingerprint density at radius 2 is 1.40 bits per heavy atom. The SMILES string of the molecule is COc1ccc(CN(C(=O)OCc2ccccc2)c2nc3cc([C@H]4C[C@@]5(CO4)C[C@@H](n4ccc6c(Cl)ncnc64)[C@@H]4OC(C)(C)O[C@@H]45)ccc3cc2Br)cc1.Nc1nc2cc([C@H]3C[C@@]4(CO3)C[C@@H](n3ccc5cncnc53)[C@H](O)[C@@H]4O)ccc2cc1Br. The highest BCUT2D eigenvalue weighted by molar-refractivity contribution is 9.11. The fourth-order valence-corrected chi connectivity index (χ4v) is 14.9. The van der Waals surface area contributed by atoms with Gasteiger partial charge in [-0.2, -0.15) is 0 Å². The van der Waals surface area contributed by atoms with E-state index >= 15 is 0 Å². The molecule has 0 unspecified atom stereocenters. The highest BCUT2D eigenvalue weighted by Gasteiger charge is 2.64. The van der Waals surface area contributed by atoms with E-state index in [-0.39, 0.29) is 55.1 Å². The van der Waals surface area contributed by atoms with Gasteiger partial charge in [0.1, 0.15) is 59.5 Å². The largest absolute Gasteiger partial charge is 0.497 e. The van der Waals surface area contributed by atoms with Gasteiger partial charge in [0.15, 0.2) is 11.6 Å². The first-order valence-corrected chi connectivity index (χ1v) is 30.8. The van der Waals surface area contributed by atoms with Crippen molar-refractivity contribution in [3.63, 3.8) is 0 Å². The molecule has 10 atom stereocenters. The fraction of sp³-hybridized carbons (Fsp3) is 0.338. The van der Waals surface area contributed by atoms with Gasteiger partial charge < -0.3 is 53.5 Å². The summed E-state index contributed by atoms with van der Waals surface area (Å²) in [5.74, 6) is 0.877. The maximum absolute atomic E-state index is 13.9. The summed E-state index contributed by atoms with van der Waals surface area (Å²) in [7, 11) is 1.62. The van der Waals surface area contributed by atoms with Crippen LogP contribution >= 0.6 is 43.5 Å². The fourth-order valence-electron chi connectivity index (χ4n) is 13.8. The summed E-state index contributed by atoms with van der Waals surface area (Å²) in [6, 6.07) is 37.0. The number of hydrogen-bond donors (Lipinski definition) is 3. The zero-order valence-corrected chi connectivity index (χ0v) is 51.5. The number of benzene rings is 4. The normalized spacial score (nSPS) is 26.3. The first-order valence-electron chi connectivity index (χ1n) is 28.8. The molecule has 4 N–H and O–H groups in total. The van der Waals surface area contributed by atoms with Crippen molar-refractivity contribution in [1.29, 1.82) is 0 Å². The van der Waals surface area contributed by atoms with Crippen molar-refractivity contribution >= 4 is 105 Å². The van der Waals surface area contributed by atoms with E-state index in [1.807, 2.05) is 128 Å². The molecule has 6 aromatic heterocycles. The van der Waals surface area contributed by atoms with E-state index in [0.717, 1.165) is 89.2 Å². The zero-order valence-electron chi connectivity index (χ0n) is 47.6. The van der Waals surface area contributed by atoms with Crippen LogP contribution in [0.15, 0.2) is 155 Å². The van der Waals surface area contributed by atoms with E-state index in [2.05, 4.69) is 79.5 Å². The molecule has 87 heavy (non-hydrogen) atoms. The maximum atomic E-state index is 13.9. The third-order valence-electron chi connectivity index (χ3n) is 18.1. The van der Waals surface area contributed by atoms with Gasteiger partial charge in [0.25, 0.3) is 0 Å². The molecule has 3 aliphatic heterocycles. The molecule has 2 aliphatic carbocycles. The van der Waals surface area contributed by atoms with Crippen LogP contribution in [0.4, 0.5) is 16.4 Å². The van der Waals surface area contributed by atoms with Crippen LogP contribution in [-0.4, -0.2) is 106 Å². The number of pyridine rings is 2. The Morgan fingerprint density at radius 3 is 2.15 bits per heavy atom. The summed E-state index contributed by atoms with van der Waals surface area (Å²) in [5, 5.41) is 26.1. The number of carbonyl (C=O) groups excluding carboxylic acids is 1. The minimum absolute atomic E-state index is 0.0332. The number of amides is 1. The van der Waals surface area contributed by atoms with Crippen molar-refractivity contribution < 1.29 is 43.4 Å². The second-order valence-corrected chi connectivity index (χ2v) is 26.0. The van der Waals surface area contributed by atoms with E-state index in [1.165, 1.54) is 12.7 Å². The number of anilines is 2. The molecule has 446 valence electrons. The van der Waals surface area contributed by atoms with Crippen molar-refractivity contribution in [1.82, 2.24) is 39.0 Å². The zero-order chi connectivity index (χ0) is 59.9. The molecule has 3 saturated heterocycles. The predicted octanol–water partition coefficient (Wildman–Crippen LogP) is 12.5. The van der Waals surface area contributed by atoms with Crippen molar-refractivity contribution in [2.45, 2.75) is 107 Å². The Bertz CT molecular complexity index is 4260. The molecule has 4 aromatic carbocycles. The number of nitrogens with zero attached hydrogens (tertiary/aromatic N) is 9. The van der Waals surface area contributed by atoms with Crippen molar-refractivity contribution in [2.75, 3.05) is 31.0 Å². The molecule has 2 saturated carbocycles. The highest BCUT2D eigenvalue weighted by Crippen LogP contribution is 2.61. The third-order valence-corrected chi connectivity index (χ3v) is 19.6. The molecule has 2 spiro atoms. The van der Waals surface area contributed by atoms with E-state index < -0.39 is 29.5 Å². The molecule has 0 radical (unpaired) electrons. The topological polar surface area (TPSA) is 229 Å². The van der Waals surface area contributed by atoms with E-state index in [0.29, 0.717) is 47.3 Å². The van der Waals surface area contributed by atoms with Gasteiger partial charge in [-0.05, 0) is 142 Å². The van der Waals surface area contributed by atoms with Gasteiger partial charge in [-0.25, -0.2) is 34.7 Å². The van der Waals surface area contributed by atoms with Gasteiger partial charge in [0, 0.05) is 45.6 Å². The van der Waals surface area contributed by atoms with Gasteiger partial charge >= 0.3 is 6.09 Å². The van der Waals surface area contributed by atoms with Gasteiger partial charge in [-0.15, -0.1) is 0 Å². The van der Waals surface area contributed by atoms with Gasteiger partial charge in [-0.1, -0.05) is 78.3 Å². The monoisotopic (exact) mass is 1320 g/mol. The molecule has 9 heterocycles. The lowest BCUT2D eigenvalue weighted by Gasteiger charge is -2.30. The van der Waals surface area contributed by atoms with Crippen molar-refractivity contribution in [2.24, 2.45) is 10.8 Å². The van der Waals surface area contributed by atoms with Crippen molar-refractivity contribution in [3.05, 3.63) is 183 Å². The van der Waals surface area contributed by atoms with Crippen LogP contribution in [0.2, 0.25) is 5.15 Å². The number of aliphatic hydroxyl groups excluding tert-OH is 2. The molecule has 19 nitrogen and oxygen atoms in total. The number of aliphatic hydroxyl groups is 2. The summed E-state index contributed by atoms with van der Waals surface area (Å²) in [6.07, 6.45) is 8.36. The number of nitrogens with two attached hydrogens (primary N) is 1. The second-order valence-electron chi connectivity index (χ2n) is 23.9. The molecule has 5 aliphatic rings. The highest BCUT2D eigenvalue weighted by atomic mass is 79.9. The Balaban J connectivity index is 0.000000176. The van der Waals surface area contributed by atoms with Gasteiger partial charge in [0.2, 0.25) is 0 Å². The summed E-state index contributed by atoms with van der Waals surface area (Å²) in [6.45, 7) is 5.20. The summed E-state index contributed by atoms with van der Waals surface area (Å²) < 4.78 is 42.9. The number of fused-ring (bicyclic) bond motifs is 6. The average Bonchev–Trinajstić information content (AvgIpc) is 1.58. The molecule has 5 fully saturated rings. The van der Waals surface area contributed by atoms with Crippen LogP contribution in [0.5, 0.6) is 5.75 Å². The minimum Gasteiger partial charge on any atom is -0.497 e. The number of carbonyl (C=O) groups is 1. The number of aromatic nitrogens is 8. The van der Waals surface area contributed by atoms with Crippen LogP contribution in [0, 0.1) is 10.8 Å². The number of halogens is 3. The maximum Gasteiger partial charge on any atom is 0.416 e. The van der Waals surface area contributed by atoms with E-state index in [9.17, 15) is 15.0 Å². The van der Waals surface area contributed by atoms with Crippen LogP contribution in [-0.2, 0) is 36.8 Å². The number of nitrogen functional groups attached to an aromatic ring is 1. The molecular weight excluding hydrogens is 1260 g/mol. The van der Waals surface area contributed by atoms with Gasteiger partial charge in [-0.3, -0.25) is 4.90 Å². The minimum atomic E-state index is -0.904. The number of hydrogen-bond acceptors (Lipinski definition) is 16. The Labute approximate surface area is 522 Å². The third kappa shape index (κ3) is 10.7.